The molecule has 1 amide bonds. The molecule has 1 aliphatic heterocycles. The Bertz CT molecular complexity index is 999. The van der Waals surface area contributed by atoms with Crippen molar-refractivity contribution in [3.05, 3.63) is 101 Å². The molecule has 0 saturated carbocycles. The summed E-state index contributed by atoms with van der Waals surface area (Å²) >= 11 is 5.97. The van der Waals surface area contributed by atoms with Gasteiger partial charge in [0.2, 0.25) is 0 Å². The van der Waals surface area contributed by atoms with E-state index in [1.54, 1.807) is 36.4 Å². The number of methoxy groups -OCH3 is 1. The van der Waals surface area contributed by atoms with Crippen LogP contribution in [0.15, 0.2) is 84.0 Å². The van der Waals surface area contributed by atoms with E-state index in [1.165, 1.54) is 0 Å². The zero-order valence-electron chi connectivity index (χ0n) is 15.4. The second-order valence-corrected chi connectivity index (χ2v) is 7.00. The summed E-state index contributed by atoms with van der Waals surface area (Å²) in [5, 5.41) is 6.87. The van der Waals surface area contributed by atoms with Gasteiger partial charge >= 0.3 is 0 Å². The van der Waals surface area contributed by atoms with Crippen LogP contribution in [-0.2, 0) is 0 Å². The first-order valence-corrected chi connectivity index (χ1v) is 9.39. The fraction of sp³-hybridized carbons (Fsp3) is 0.130. The van der Waals surface area contributed by atoms with E-state index >= 15 is 0 Å². The first kappa shape index (κ1) is 18.3. The van der Waals surface area contributed by atoms with E-state index in [2.05, 4.69) is 0 Å². The van der Waals surface area contributed by atoms with Crippen LogP contribution in [-0.4, -0.2) is 23.7 Å². The number of hydrazone groups is 1. The van der Waals surface area contributed by atoms with Gasteiger partial charge in [0.25, 0.3) is 5.91 Å². The Balaban J connectivity index is 1.71. The number of carbonyl (C=O) groups excluding carboxylic acids is 1. The van der Waals surface area contributed by atoms with Crippen LogP contribution in [0.1, 0.15) is 33.9 Å². The van der Waals surface area contributed by atoms with E-state index in [1.807, 2.05) is 54.6 Å². The third-order valence-electron chi connectivity index (χ3n) is 4.82. The standard InChI is InChI=1S/C23H19ClN2O2/c1-28-20-13-9-17(10-14-20)22-15-21(16-5-3-2-4-6-16)25-26(22)23(27)18-7-11-19(24)12-8-18/h2-14,22H,15H2,1H3/t22-/m0/s1. The molecule has 140 valence electrons. The number of hydrogen-bond donors (Lipinski definition) is 0. The molecular weight excluding hydrogens is 372 g/mol. The van der Waals surface area contributed by atoms with Crippen LogP contribution in [0.4, 0.5) is 0 Å². The van der Waals surface area contributed by atoms with Crippen molar-refractivity contribution in [3.63, 3.8) is 0 Å². The molecule has 0 fully saturated rings. The molecule has 1 heterocycles. The predicted molar refractivity (Wildman–Crippen MR) is 111 cm³/mol. The lowest BCUT2D eigenvalue weighted by Gasteiger charge is -2.22. The third-order valence-corrected chi connectivity index (χ3v) is 5.07. The number of benzene rings is 3. The second-order valence-electron chi connectivity index (χ2n) is 6.56. The summed E-state index contributed by atoms with van der Waals surface area (Å²) in [5.41, 5.74) is 3.48. The summed E-state index contributed by atoms with van der Waals surface area (Å²) in [4.78, 5) is 13.2. The molecule has 0 unspecified atom stereocenters. The molecule has 0 aromatic heterocycles. The van der Waals surface area contributed by atoms with Gasteiger partial charge in [0, 0.05) is 17.0 Å². The number of ether oxygens (including phenoxy) is 1. The highest BCUT2D eigenvalue weighted by Gasteiger charge is 2.33. The molecule has 0 saturated heterocycles. The molecular formula is C23H19ClN2O2. The summed E-state index contributed by atoms with van der Waals surface area (Å²) in [6.07, 6.45) is 0.648. The van der Waals surface area contributed by atoms with Crippen molar-refractivity contribution >= 4 is 23.2 Å². The van der Waals surface area contributed by atoms with Gasteiger partial charge in [-0.05, 0) is 47.5 Å². The molecule has 4 rings (SSSR count). The number of rotatable bonds is 4. The van der Waals surface area contributed by atoms with Crippen molar-refractivity contribution in [2.24, 2.45) is 5.10 Å². The van der Waals surface area contributed by atoms with Crippen molar-refractivity contribution in [3.8, 4) is 5.75 Å². The van der Waals surface area contributed by atoms with Gasteiger partial charge in [0.15, 0.2) is 0 Å². The Morgan fingerprint density at radius 1 is 1.00 bits per heavy atom. The number of amides is 1. The quantitative estimate of drug-likeness (QED) is 0.603. The highest BCUT2D eigenvalue weighted by atomic mass is 35.5. The van der Waals surface area contributed by atoms with Gasteiger partial charge in [-0.2, -0.15) is 5.10 Å². The molecule has 3 aromatic carbocycles. The monoisotopic (exact) mass is 390 g/mol. The molecule has 1 aliphatic rings. The molecule has 0 aliphatic carbocycles. The van der Waals surface area contributed by atoms with Crippen molar-refractivity contribution in [1.82, 2.24) is 5.01 Å². The summed E-state index contributed by atoms with van der Waals surface area (Å²) in [6.45, 7) is 0. The van der Waals surface area contributed by atoms with Crippen molar-refractivity contribution in [1.29, 1.82) is 0 Å². The maximum Gasteiger partial charge on any atom is 0.274 e. The van der Waals surface area contributed by atoms with Gasteiger partial charge in [-0.3, -0.25) is 4.79 Å². The van der Waals surface area contributed by atoms with Crippen LogP contribution < -0.4 is 4.74 Å². The molecule has 0 spiro atoms. The summed E-state index contributed by atoms with van der Waals surface area (Å²) in [6, 6.07) is 24.4. The fourth-order valence-electron chi connectivity index (χ4n) is 3.31. The van der Waals surface area contributed by atoms with Crippen LogP contribution in [0.5, 0.6) is 5.75 Å². The average Bonchev–Trinajstić information content (AvgIpc) is 3.20. The molecule has 4 nitrogen and oxygen atoms in total. The first-order valence-electron chi connectivity index (χ1n) is 9.01. The van der Waals surface area contributed by atoms with E-state index in [9.17, 15) is 4.79 Å². The molecule has 0 bridgehead atoms. The van der Waals surface area contributed by atoms with Gasteiger partial charge < -0.3 is 4.74 Å². The van der Waals surface area contributed by atoms with Crippen molar-refractivity contribution in [2.45, 2.75) is 12.5 Å². The third kappa shape index (κ3) is 3.64. The van der Waals surface area contributed by atoms with Crippen molar-refractivity contribution < 1.29 is 9.53 Å². The second kappa shape index (κ2) is 7.87. The number of hydrogen-bond acceptors (Lipinski definition) is 3. The lowest BCUT2D eigenvalue weighted by atomic mass is 9.98. The van der Waals surface area contributed by atoms with E-state index in [4.69, 9.17) is 21.4 Å². The van der Waals surface area contributed by atoms with Crippen LogP contribution in [0.2, 0.25) is 5.02 Å². The van der Waals surface area contributed by atoms with Crippen LogP contribution >= 0.6 is 11.6 Å². The van der Waals surface area contributed by atoms with Gasteiger partial charge in [0.1, 0.15) is 5.75 Å². The Kier molecular flexibility index (Phi) is 5.13. The van der Waals surface area contributed by atoms with Gasteiger partial charge in [-0.15, -0.1) is 0 Å². The normalized spacial score (nSPS) is 16.0. The Morgan fingerprint density at radius 2 is 1.68 bits per heavy atom. The lowest BCUT2D eigenvalue weighted by molar-refractivity contribution is 0.0711. The number of nitrogens with zero attached hydrogens (tertiary/aromatic N) is 2. The van der Waals surface area contributed by atoms with Gasteiger partial charge in [0.05, 0.1) is 18.9 Å². The topological polar surface area (TPSA) is 41.9 Å². The number of carbonyl (C=O) groups is 1. The maximum absolute atomic E-state index is 13.2. The van der Waals surface area contributed by atoms with Crippen LogP contribution in [0.3, 0.4) is 0 Å². The van der Waals surface area contributed by atoms with E-state index in [-0.39, 0.29) is 11.9 Å². The fourth-order valence-corrected chi connectivity index (χ4v) is 3.44. The van der Waals surface area contributed by atoms with Crippen molar-refractivity contribution in [2.75, 3.05) is 7.11 Å². The lowest BCUT2D eigenvalue weighted by Crippen LogP contribution is -2.27. The number of halogens is 1. The zero-order valence-corrected chi connectivity index (χ0v) is 16.1. The van der Waals surface area contributed by atoms with Crippen LogP contribution in [0, 0.1) is 0 Å². The Morgan fingerprint density at radius 3 is 2.32 bits per heavy atom. The minimum absolute atomic E-state index is 0.150. The molecule has 28 heavy (non-hydrogen) atoms. The minimum atomic E-state index is -0.177. The van der Waals surface area contributed by atoms with Gasteiger partial charge in [-0.25, -0.2) is 5.01 Å². The molecule has 3 aromatic rings. The van der Waals surface area contributed by atoms with E-state index in [0.29, 0.717) is 17.0 Å². The summed E-state index contributed by atoms with van der Waals surface area (Å²) in [5.74, 6) is 0.630. The molecule has 1 atom stereocenters. The molecule has 0 radical (unpaired) electrons. The SMILES string of the molecule is COc1ccc([C@@H]2CC(c3ccccc3)=NN2C(=O)c2ccc(Cl)cc2)cc1. The zero-order chi connectivity index (χ0) is 19.5. The molecule has 5 heteroatoms. The minimum Gasteiger partial charge on any atom is -0.497 e. The Hall–Kier alpha value is -3.11. The first-order chi connectivity index (χ1) is 13.7. The smallest absolute Gasteiger partial charge is 0.274 e. The average molecular weight is 391 g/mol. The predicted octanol–water partition coefficient (Wildman–Crippen LogP) is 5.34. The highest BCUT2D eigenvalue weighted by molar-refractivity contribution is 6.30. The van der Waals surface area contributed by atoms with Crippen LogP contribution in [0.25, 0.3) is 0 Å². The largest absolute Gasteiger partial charge is 0.497 e. The Labute approximate surface area is 169 Å². The van der Waals surface area contributed by atoms with E-state index in [0.717, 1.165) is 22.6 Å². The summed E-state index contributed by atoms with van der Waals surface area (Å²) in [7, 11) is 1.64. The van der Waals surface area contributed by atoms with Gasteiger partial charge in [-0.1, -0.05) is 54.1 Å². The molecule has 0 N–H and O–H groups in total. The highest BCUT2D eigenvalue weighted by Crippen LogP contribution is 2.34. The van der Waals surface area contributed by atoms with E-state index < -0.39 is 0 Å². The summed E-state index contributed by atoms with van der Waals surface area (Å²) < 4.78 is 5.26. The maximum atomic E-state index is 13.2.